The molecule has 9 heteroatoms. The second-order valence-corrected chi connectivity index (χ2v) is 5.72. The lowest BCUT2D eigenvalue weighted by Crippen LogP contribution is -2.27. The van der Waals surface area contributed by atoms with Crippen LogP contribution in [0.4, 0.5) is 17.6 Å². The molecular weight excluding hydrogens is 364 g/mol. The van der Waals surface area contributed by atoms with Crippen molar-refractivity contribution in [3.63, 3.8) is 0 Å². The van der Waals surface area contributed by atoms with Crippen molar-refractivity contribution in [1.29, 1.82) is 0 Å². The fourth-order valence-electron chi connectivity index (χ4n) is 2.42. The maximum absolute atomic E-state index is 13.4. The Morgan fingerprint density at radius 2 is 1.85 bits per heavy atom. The molecule has 1 N–H and O–H groups in total. The number of benzene rings is 2. The van der Waals surface area contributed by atoms with E-state index in [-0.39, 0.29) is 13.1 Å². The highest BCUT2D eigenvalue weighted by Crippen LogP contribution is 2.30. The minimum atomic E-state index is -4.73. The highest BCUT2D eigenvalue weighted by molar-refractivity contribution is 5.94. The number of nitrogens with zero attached hydrogens (tertiary/aromatic N) is 3. The van der Waals surface area contributed by atoms with E-state index in [0.29, 0.717) is 17.8 Å². The van der Waals surface area contributed by atoms with Crippen molar-refractivity contribution in [1.82, 2.24) is 20.3 Å². The molecule has 3 rings (SSSR count). The molecule has 0 fully saturated rings. The van der Waals surface area contributed by atoms with Gasteiger partial charge in [-0.2, -0.15) is 13.2 Å². The van der Waals surface area contributed by atoms with Crippen molar-refractivity contribution >= 4 is 5.91 Å². The van der Waals surface area contributed by atoms with Crippen LogP contribution in [-0.2, 0) is 12.7 Å². The van der Waals surface area contributed by atoms with Gasteiger partial charge in [-0.1, -0.05) is 35.5 Å². The van der Waals surface area contributed by atoms with E-state index in [1.807, 2.05) is 30.3 Å². The van der Waals surface area contributed by atoms with Crippen molar-refractivity contribution < 1.29 is 22.4 Å². The summed E-state index contributed by atoms with van der Waals surface area (Å²) in [7, 11) is 0. The summed E-state index contributed by atoms with van der Waals surface area (Å²) in [6.07, 6.45) is -3.04. The largest absolute Gasteiger partial charge is 0.416 e. The topological polar surface area (TPSA) is 59.8 Å². The Labute approximate surface area is 151 Å². The third-order valence-electron chi connectivity index (χ3n) is 3.72. The van der Waals surface area contributed by atoms with E-state index >= 15 is 0 Å². The van der Waals surface area contributed by atoms with Crippen molar-refractivity contribution in [2.24, 2.45) is 0 Å². The summed E-state index contributed by atoms with van der Waals surface area (Å²) in [4.78, 5) is 12.0. The van der Waals surface area contributed by atoms with Gasteiger partial charge in [0.1, 0.15) is 11.5 Å². The molecule has 0 atom stereocenters. The van der Waals surface area contributed by atoms with Gasteiger partial charge < -0.3 is 5.32 Å². The number of nitrogens with one attached hydrogen (secondary N) is 1. The number of rotatable bonds is 5. The van der Waals surface area contributed by atoms with E-state index < -0.39 is 29.0 Å². The van der Waals surface area contributed by atoms with Crippen LogP contribution >= 0.6 is 0 Å². The summed E-state index contributed by atoms with van der Waals surface area (Å²) >= 11 is 0. The van der Waals surface area contributed by atoms with Crippen LogP contribution < -0.4 is 5.32 Å². The number of hydrogen-bond donors (Lipinski definition) is 1. The maximum Gasteiger partial charge on any atom is 0.416 e. The zero-order valence-electron chi connectivity index (χ0n) is 13.9. The standard InChI is InChI=1S/C18H14F4N4O/c19-15-9-13(8-14(10-15)18(20,21)22)17(27)23-6-7-26-11-16(24-25-26)12-4-2-1-3-5-12/h1-5,8-11H,6-7H2,(H,23,27). The lowest BCUT2D eigenvalue weighted by molar-refractivity contribution is -0.137. The zero-order chi connectivity index (χ0) is 19.4. The molecule has 0 aliphatic rings. The molecule has 0 aliphatic carbocycles. The Morgan fingerprint density at radius 3 is 2.56 bits per heavy atom. The van der Waals surface area contributed by atoms with Gasteiger partial charge in [-0.05, 0) is 18.2 Å². The van der Waals surface area contributed by atoms with Gasteiger partial charge in [0.25, 0.3) is 5.91 Å². The van der Waals surface area contributed by atoms with Gasteiger partial charge in [0, 0.05) is 17.7 Å². The van der Waals surface area contributed by atoms with Crippen LogP contribution in [0.3, 0.4) is 0 Å². The van der Waals surface area contributed by atoms with Gasteiger partial charge in [-0.25, -0.2) is 4.39 Å². The molecule has 0 saturated heterocycles. The van der Waals surface area contributed by atoms with E-state index in [1.54, 1.807) is 6.20 Å². The summed E-state index contributed by atoms with van der Waals surface area (Å²) in [5.74, 6) is -1.93. The van der Waals surface area contributed by atoms with E-state index in [2.05, 4.69) is 15.6 Å². The van der Waals surface area contributed by atoms with Crippen LogP contribution in [0.2, 0.25) is 0 Å². The highest BCUT2D eigenvalue weighted by atomic mass is 19.4. The molecule has 27 heavy (non-hydrogen) atoms. The second kappa shape index (κ2) is 7.56. The fraction of sp³-hybridized carbons (Fsp3) is 0.167. The number of carbonyl (C=O) groups excluding carboxylic acids is 1. The molecule has 0 saturated carbocycles. The van der Waals surface area contributed by atoms with E-state index in [9.17, 15) is 22.4 Å². The zero-order valence-corrected chi connectivity index (χ0v) is 13.9. The van der Waals surface area contributed by atoms with Gasteiger partial charge in [0.05, 0.1) is 18.3 Å². The number of alkyl halides is 3. The van der Waals surface area contributed by atoms with E-state index in [4.69, 9.17) is 0 Å². The normalized spacial score (nSPS) is 11.4. The minimum absolute atomic E-state index is 0.0916. The molecule has 3 aromatic rings. The smallest absolute Gasteiger partial charge is 0.350 e. The molecule has 0 radical (unpaired) electrons. The first-order valence-electron chi connectivity index (χ1n) is 7.94. The second-order valence-electron chi connectivity index (χ2n) is 5.72. The summed E-state index contributed by atoms with van der Waals surface area (Å²) in [6.45, 7) is 0.349. The van der Waals surface area contributed by atoms with Crippen molar-refractivity contribution in [2.75, 3.05) is 6.54 Å². The van der Waals surface area contributed by atoms with E-state index in [0.717, 1.165) is 11.6 Å². The van der Waals surface area contributed by atoms with Crippen LogP contribution in [0.25, 0.3) is 11.3 Å². The van der Waals surface area contributed by atoms with Crippen LogP contribution in [0.15, 0.2) is 54.7 Å². The van der Waals surface area contributed by atoms with Crippen molar-refractivity contribution in [3.05, 3.63) is 71.7 Å². The van der Waals surface area contributed by atoms with Crippen molar-refractivity contribution in [2.45, 2.75) is 12.7 Å². The summed E-state index contributed by atoms with van der Waals surface area (Å²) in [6, 6.07) is 11.1. The average Bonchev–Trinajstić information content (AvgIpc) is 3.10. The molecule has 0 bridgehead atoms. The van der Waals surface area contributed by atoms with Gasteiger partial charge in [0.2, 0.25) is 0 Å². The summed E-state index contributed by atoms with van der Waals surface area (Å²) < 4.78 is 53.0. The van der Waals surface area contributed by atoms with E-state index in [1.165, 1.54) is 4.68 Å². The Bertz CT molecular complexity index is 938. The third-order valence-corrected chi connectivity index (χ3v) is 3.72. The van der Waals surface area contributed by atoms with Gasteiger partial charge >= 0.3 is 6.18 Å². The quantitative estimate of drug-likeness (QED) is 0.691. The lowest BCUT2D eigenvalue weighted by Gasteiger charge is -2.10. The molecule has 1 amide bonds. The molecule has 1 aromatic heterocycles. The molecular formula is C18H14F4N4O. The predicted octanol–water partition coefficient (Wildman–Crippen LogP) is 3.53. The number of aromatic nitrogens is 3. The average molecular weight is 378 g/mol. The molecule has 140 valence electrons. The molecule has 0 aliphatic heterocycles. The molecule has 0 spiro atoms. The van der Waals surface area contributed by atoms with Crippen LogP contribution in [0, 0.1) is 5.82 Å². The van der Waals surface area contributed by atoms with Gasteiger partial charge in [0.15, 0.2) is 0 Å². The third kappa shape index (κ3) is 4.69. The van der Waals surface area contributed by atoms with Crippen LogP contribution in [-0.4, -0.2) is 27.4 Å². The van der Waals surface area contributed by atoms with Crippen LogP contribution in [0.5, 0.6) is 0 Å². The lowest BCUT2D eigenvalue weighted by atomic mass is 10.1. The molecule has 1 heterocycles. The molecule has 2 aromatic carbocycles. The number of carbonyl (C=O) groups is 1. The number of halogens is 4. The van der Waals surface area contributed by atoms with Crippen molar-refractivity contribution in [3.8, 4) is 11.3 Å². The minimum Gasteiger partial charge on any atom is -0.350 e. The summed E-state index contributed by atoms with van der Waals surface area (Å²) in [5, 5.41) is 10.4. The van der Waals surface area contributed by atoms with Gasteiger partial charge in [-0.3, -0.25) is 9.48 Å². The SMILES string of the molecule is O=C(NCCn1cc(-c2ccccc2)nn1)c1cc(F)cc(C(F)(F)F)c1. The number of amides is 1. The first-order chi connectivity index (χ1) is 12.8. The summed E-state index contributed by atoms with van der Waals surface area (Å²) in [5.41, 5.74) is -0.0728. The Morgan fingerprint density at radius 1 is 1.11 bits per heavy atom. The van der Waals surface area contributed by atoms with Gasteiger partial charge in [-0.15, -0.1) is 5.10 Å². The molecule has 5 nitrogen and oxygen atoms in total. The first-order valence-corrected chi connectivity index (χ1v) is 7.94. The number of hydrogen-bond acceptors (Lipinski definition) is 3. The molecule has 0 unspecified atom stereocenters. The van der Waals surface area contributed by atoms with Crippen LogP contribution in [0.1, 0.15) is 15.9 Å². The fourth-order valence-corrected chi connectivity index (χ4v) is 2.42. The first kappa shape index (κ1) is 18.6. The highest BCUT2D eigenvalue weighted by Gasteiger charge is 2.31. The predicted molar refractivity (Wildman–Crippen MR) is 89.2 cm³/mol. The maximum atomic E-state index is 13.4. The Kier molecular flexibility index (Phi) is 5.20. The monoisotopic (exact) mass is 378 g/mol. The Hall–Kier alpha value is -3.23. The Balaban J connectivity index is 1.61.